The first-order chi connectivity index (χ1) is 9.42. The van der Waals surface area contributed by atoms with Crippen LogP contribution in [0, 0.1) is 31.1 Å². The number of nitriles is 1. The first kappa shape index (κ1) is 14.5. The predicted octanol–water partition coefficient (Wildman–Crippen LogP) is 2.87. The van der Waals surface area contributed by atoms with Gasteiger partial charge in [0.25, 0.3) is 0 Å². The number of aryl methyl sites for hydroxylation is 2. The van der Waals surface area contributed by atoms with Gasteiger partial charge in [0.1, 0.15) is 5.82 Å². The molecule has 0 aliphatic rings. The standard InChI is InChI=1S/C16H22N4/c1-11(8-17)9-20-15-7-13(3)12(2)6-14(15)18-16(20)10-19(4)5/h6-7,11H,9-10H2,1-5H3. The summed E-state index contributed by atoms with van der Waals surface area (Å²) < 4.78 is 2.19. The second-order valence-electron chi connectivity index (χ2n) is 5.83. The molecule has 0 radical (unpaired) electrons. The quantitative estimate of drug-likeness (QED) is 0.858. The number of aromatic nitrogens is 2. The van der Waals surface area contributed by atoms with Crippen LogP contribution in [0.3, 0.4) is 0 Å². The normalized spacial score (nSPS) is 12.8. The Labute approximate surface area is 120 Å². The van der Waals surface area contributed by atoms with Gasteiger partial charge in [-0.2, -0.15) is 5.26 Å². The Morgan fingerprint density at radius 3 is 2.55 bits per heavy atom. The van der Waals surface area contributed by atoms with Gasteiger partial charge in [0.05, 0.1) is 29.6 Å². The van der Waals surface area contributed by atoms with E-state index in [0.717, 1.165) is 23.4 Å². The molecule has 0 spiro atoms. The second-order valence-corrected chi connectivity index (χ2v) is 5.83. The van der Waals surface area contributed by atoms with E-state index in [4.69, 9.17) is 10.2 Å². The summed E-state index contributed by atoms with van der Waals surface area (Å²) in [6, 6.07) is 6.63. The first-order valence-corrected chi connectivity index (χ1v) is 6.93. The molecule has 0 fully saturated rings. The number of rotatable bonds is 4. The van der Waals surface area contributed by atoms with E-state index in [1.165, 1.54) is 11.1 Å². The van der Waals surface area contributed by atoms with E-state index in [-0.39, 0.29) is 5.92 Å². The van der Waals surface area contributed by atoms with Gasteiger partial charge in [0, 0.05) is 6.54 Å². The average Bonchev–Trinajstić information content (AvgIpc) is 2.67. The maximum absolute atomic E-state index is 9.08. The van der Waals surface area contributed by atoms with Crippen LogP contribution in [-0.4, -0.2) is 28.5 Å². The van der Waals surface area contributed by atoms with Gasteiger partial charge >= 0.3 is 0 Å². The summed E-state index contributed by atoms with van der Waals surface area (Å²) in [6.07, 6.45) is 0. The highest BCUT2D eigenvalue weighted by molar-refractivity contribution is 5.78. The maximum Gasteiger partial charge on any atom is 0.124 e. The van der Waals surface area contributed by atoms with Crippen LogP contribution in [0.15, 0.2) is 12.1 Å². The molecule has 20 heavy (non-hydrogen) atoms. The summed E-state index contributed by atoms with van der Waals surface area (Å²) in [5.41, 5.74) is 4.67. The lowest BCUT2D eigenvalue weighted by Gasteiger charge is -2.14. The molecule has 0 aliphatic carbocycles. The Kier molecular flexibility index (Phi) is 4.10. The Morgan fingerprint density at radius 2 is 1.95 bits per heavy atom. The Hall–Kier alpha value is -1.86. The van der Waals surface area contributed by atoms with E-state index >= 15 is 0 Å². The number of benzene rings is 1. The number of hydrogen-bond acceptors (Lipinski definition) is 3. The van der Waals surface area contributed by atoms with Crippen LogP contribution in [0.5, 0.6) is 0 Å². The molecule has 2 aromatic rings. The van der Waals surface area contributed by atoms with Gasteiger partial charge in [-0.05, 0) is 58.1 Å². The fourth-order valence-electron chi connectivity index (χ4n) is 2.35. The summed E-state index contributed by atoms with van der Waals surface area (Å²) in [6.45, 7) is 7.65. The summed E-state index contributed by atoms with van der Waals surface area (Å²) in [4.78, 5) is 6.86. The third-order valence-corrected chi connectivity index (χ3v) is 3.58. The number of hydrogen-bond donors (Lipinski definition) is 0. The van der Waals surface area contributed by atoms with Gasteiger partial charge in [-0.1, -0.05) is 0 Å². The van der Waals surface area contributed by atoms with Crippen molar-refractivity contribution in [2.45, 2.75) is 33.9 Å². The molecule has 4 heteroatoms. The van der Waals surface area contributed by atoms with Crippen molar-refractivity contribution in [1.29, 1.82) is 5.26 Å². The van der Waals surface area contributed by atoms with E-state index in [9.17, 15) is 0 Å². The minimum Gasteiger partial charge on any atom is -0.326 e. The van der Waals surface area contributed by atoms with Gasteiger partial charge in [-0.15, -0.1) is 0 Å². The number of nitrogens with zero attached hydrogens (tertiary/aromatic N) is 4. The minimum absolute atomic E-state index is 0.0186. The molecule has 2 rings (SSSR count). The molecule has 1 atom stereocenters. The van der Waals surface area contributed by atoms with Crippen LogP contribution < -0.4 is 0 Å². The summed E-state index contributed by atoms with van der Waals surface area (Å²) in [5.74, 6) is 1.01. The SMILES string of the molecule is Cc1cc2nc(CN(C)C)n(CC(C)C#N)c2cc1C. The van der Waals surface area contributed by atoms with Crippen LogP contribution in [0.2, 0.25) is 0 Å². The molecule has 0 amide bonds. The zero-order valence-electron chi connectivity index (χ0n) is 12.9. The van der Waals surface area contributed by atoms with Crippen molar-refractivity contribution in [2.24, 2.45) is 5.92 Å². The van der Waals surface area contributed by atoms with E-state index in [1.807, 2.05) is 21.0 Å². The van der Waals surface area contributed by atoms with Crippen LogP contribution in [0.1, 0.15) is 23.9 Å². The molecule has 0 saturated heterocycles. The predicted molar refractivity (Wildman–Crippen MR) is 81.4 cm³/mol. The van der Waals surface area contributed by atoms with Crippen LogP contribution in [0.4, 0.5) is 0 Å². The Balaban J connectivity index is 2.58. The van der Waals surface area contributed by atoms with Crippen LogP contribution in [0.25, 0.3) is 11.0 Å². The Bertz CT molecular complexity index is 661. The van der Waals surface area contributed by atoms with Crippen molar-refractivity contribution >= 4 is 11.0 Å². The van der Waals surface area contributed by atoms with Crippen molar-refractivity contribution in [3.8, 4) is 6.07 Å². The summed E-state index contributed by atoms with van der Waals surface area (Å²) >= 11 is 0. The molecule has 0 N–H and O–H groups in total. The van der Waals surface area contributed by atoms with E-state index < -0.39 is 0 Å². The molecule has 0 aliphatic heterocycles. The smallest absolute Gasteiger partial charge is 0.124 e. The molecular formula is C16H22N4. The van der Waals surface area contributed by atoms with Gasteiger partial charge < -0.3 is 9.47 Å². The fourth-order valence-corrected chi connectivity index (χ4v) is 2.35. The molecular weight excluding hydrogens is 248 g/mol. The first-order valence-electron chi connectivity index (χ1n) is 6.93. The van der Waals surface area contributed by atoms with Crippen LogP contribution in [-0.2, 0) is 13.1 Å². The lowest BCUT2D eigenvalue weighted by Crippen LogP contribution is -2.17. The highest BCUT2D eigenvalue weighted by Crippen LogP contribution is 2.22. The molecule has 0 bridgehead atoms. The molecule has 1 unspecified atom stereocenters. The van der Waals surface area contributed by atoms with Gasteiger partial charge in [-0.3, -0.25) is 0 Å². The van der Waals surface area contributed by atoms with Crippen molar-refractivity contribution in [2.75, 3.05) is 14.1 Å². The lowest BCUT2D eigenvalue weighted by molar-refractivity contribution is 0.378. The monoisotopic (exact) mass is 270 g/mol. The van der Waals surface area contributed by atoms with Gasteiger partial charge in [0.15, 0.2) is 0 Å². The van der Waals surface area contributed by atoms with E-state index in [1.54, 1.807) is 0 Å². The topological polar surface area (TPSA) is 44.9 Å². The van der Waals surface area contributed by atoms with Crippen molar-refractivity contribution in [3.63, 3.8) is 0 Å². The maximum atomic E-state index is 9.08. The molecule has 1 aromatic heterocycles. The third-order valence-electron chi connectivity index (χ3n) is 3.58. The van der Waals surface area contributed by atoms with Gasteiger partial charge in [-0.25, -0.2) is 4.98 Å². The molecule has 0 saturated carbocycles. The summed E-state index contributed by atoms with van der Waals surface area (Å²) in [7, 11) is 4.07. The van der Waals surface area contributed by atoms with E-state index in [0.29, 0.717) is 6.54 Å². The minimum atomic E-state index is -0.0186. The second kappa shape index (κ2) is 5.64. The lowest BCUT2D eigenvalue weighted by atomic mass is 10.1. The number of fused-ring (bicyclic) bond motifs is 1. The van der Waals surface area contributed by atoms with Gasteiger partial charge in [0.2, 0.25) is 0 Å². The molecule has 1 aromatic carbocycles. The average molecular weight is 270 g/mol. The van der Waals surface area contributed by atoms with E-state index in [2.05, 4.69) is 41.5 Å². The highest BCUT2D eigenvalue weighted by atomic mass is 15.2. The zero-order valence-corrected chi connectivity index (χ0v) is 12.9. The van der Waals surface area contributed by atoms with Crippen LogP contribution >= 0.6 is 0 Å². The van der Waals surface area contributed by atoms with Crippen molar-refractivity contribution in [3.05, 3.63) is 29.1 Å². The fraction of sp³-hybridized carbons (Fsp3) is 0.500. The third kappa shape index (κ3) is 2.83. The Morgan fingerprint density at radius 1 is 1.30 bits per heavy atom. The van der Waals surface area contributed by atoms with Crippen molar-refractivity contribution in [1.82, 2.24) is 14.5 Å². The van der Waals surface area contributed by atoms with Crippen molar-refractivity contribution < 1.29 is 0 Å². The zero-order chi connectivity index (χ0) is 14.9. The molecule has 1 heterocycles. The molecule has 4 nitrogen and oxygen atoms in total. The highest BCUT2D eigenvalue weighted by Gasteiger charge is 2.14. The summed E-state index contributed by atoms with van der Waals surface area (Å²) in [5, 5.41) is 9.08. The molecule has 106 valence electrons. The number of imidazole rings is 1. The largest absolute Gasteiger partial charge is 0.326 e.